The van der Waals surface area contributed by atoms with Crippen LogP contribution >= 0.6 is 0 Å². The second kappa shape index (κ2) is 7.29. The number of carbonyl (C=O) groups excluding carboxylic acids is 1. The average molecular weight is 342 g/mol. The number of amides is 1. The van der Waals surface area contributed by atoms with Crippen LogP contribution in [0.25, 0.3) is 0 Å². The van der Waals surface area contributed by atoms with Crippen LogP contribution in [0.15, 0.2) is 24.3 Å². The molecule has 1 aromatic rings. The van der Waals surface area contributed by atoms with Crippen molar-refractivity contribution in [3.63, 3.8) is 0 Å². The molecule has 8 heteroatoms. The van der Waals surface area contributed by atoms with E-state index in [0.717, 1.165) is 0 Å². The number of aliphatic hydroxyl groups is 1. The minimum Gasteiger partial charge on any atom is -0.497 e. The molecule has 1 aromatic carbocycles. The van der Waals surface area contributed by atoms with E-state index in [0.29, 0.717) is 37.2 Å². The van der Waals surface area contributed by atoms with Gasteiger partial charge in [-0.15, -0.1) is 0 Å². The average Bonchev–Trinajstić information content (AvgIpc) is 2.60. The minimum absolute atomic E-state index is 0.311. The second-order valence-electron chi connectivity index (χ2n) is 5.45. The zero-order chi connectivity index (χ0) is 17.0. The molecule has 1 amide bonds. The van der Waals surface area contributed by atoms with E-state index in [4.69, 9.17) is 4.74 Å². The summed E-state index contributed by atoms with van der Waals surface area (Å²) in [4.78, 5) is 13.9. The maximum Gasteiger partial charge on any atom is 0.256 e. The van der Waals surface area contributed by atoms with E-state index in [1.165, 1.54) is 19.1 Å². The Hall–Kier alpha value is -1.64. The Balaban J connectivity index is 2.01. The second-order valence-corrected chi connectivity index (χ2v) is 7.62. The number of piperidine rings is 1. The van der Waals surface area contributed by atoms with E-state index in [1.54, 1.807) is 24.3 Å². The first-order valence-electron chi connectivity index (χ1n) is 7.42. The van der Waals surface area contributed by atoms with Crippen LogP contribution in [0.1, 0.15) is 24.5 Å². The predicted octanol–water partition coefficient (Wildman–Crippen LogP) is 0.269. The van der Waals surface area contributed by atoms with Crippen LogP contribution in [0.5, 0.6) is 5.75 Å². The van der Waals surface area contributed by atoms with E-state index in [9.17, 15) is 18.3 Å². The number of likely N-dealkylation sites (tertiary alicyclic amines) is 1. The molecule has 128 valence electrons. The predicted molar refractivity (Wildman–Crippen MR) is 85.5 cm³/mol. The Labute approximate surface area is 136 Å². The first kappa shape index (κ1) is 17.7. The lowest BCUT2D eigenvalue weighted by atomic mass is 10.1. The number of nitrogens with one attached hydrogen (secondary N) is 1. The van der Waals surface area contributed by atoms with E-state index >= 15 is 0 Å². The zero-order valence-electron chi connectivity index (χ0n) is 13.2. The summed E-state index contributed by atoms with van der Waals surface area (Å²) in [6.07, 6.45) is -0.554. The van der Waals surface area contributed by atoms with Crippen molar-refractivity contribution in [3.8, 4) is 5.75 Å². The van der Waals surface area contributed by atoms with Crippen molar-refractivity contribution in [2.75, 3.05) is 27.2 Å². The third kappa shape index (κ3) is 4.01. The van der Waals surface area contributed by atoms with Crippen LogP contribution < -0.4 is 9.46 Å². The van der Waals surface area contributed by atoms with Crippen LogP contribution in [-0.2, 0) is 14.8 Å². The molecule has 23 heavy (non-hydrogen) atoms. The van der Waals surface area contributed by atoms with Crippen LogP contribution in [-0.4, -0.2) is 56.8 Å². The van der Waals surface area contributed by atoms with Crippen LogP contribution in [0.2, 0.25) is 0 Å². The molecule has 0 aliphatic carbocycles. The third-order valence-corrected chi connectivity index (χ3v) is 6.04. The number of hydrogen-bond acceptors (Lipinski definition) is 5. The smallest absolute Gasteiger partial charge is 0.256 e. The number of benzene rings is 1. The lowest BCUT2D eigenvalue weighted by Gasteiger charge is -2.32. The number of carbonyl (C=O) groups is 1. The molecule has 7 nitrogen and oxygen atoms in total. The summed E-state index contributed by atoms with van der Waals surface area (Å²) < 4.78 is 31.0. The van der Waals surface area contributed by atoms with Crippen LogP contribution in [0.4, 0.5) is 0 Å². The van der Waals surface area contributed by atoms with Crippen LogP contribution in [0, 0.1) is 0 Å². The summed E-state index contributed by atoms with van der Waals surface area (Å²) in [5, 5.41) is 9.76. The topological polar surface area (TPSA) is 95.9 Å². The van der Waals surface area contributed by atoms with Crippen molar-refractivity contribution >= 4 is 15.9 Å². The lowest BCUT2D eigenvalue weighted by molar-refractivity contribution is -0.141. The molecule has 0 saturated carbocycles. The van der Waals surface area contributed by atoms with E-state index < -0.39 is 27.3 Å². The fourth-order valence-electron chi connectivity index (χ4n) is 2.68. The number of rotatable bonds is 5. The summed E-state index contributed by atoms with van der Waals surface area (Å²) >= 11 is 0. The van der Waals surface area contributed by atoms with Crippen molar-refractivity contribution < 1.29 is 23.1 Å². The Kier molecular flexibility index (Phi) is 5.61. The maximum atomic E-state index is 12.4. The Morgan fingerprint density at radius 3 is 2.61 bits per heavy atom. The molecule has 0 bridgehead atoms. The molecule has 2 N–H and O–H groups in total. The van der Waals surface area contributed by atoms with Gasteiger partial charge in [0.2, 0.25) is 10.0 Å². The van der Waals surface area contributed by atoms with Gasteiger partial charge in [0.1, 0.15) is 5.75 Å². The fraction of sp³-hybridized carbons (Fsp3) is 0.533. The number of methoxy groups -OCH3 is 1. The van der Waals surface area contributed by atoms with Gasteiger partial charge in [-0.1, -0.05) is 12.1 Å². The maximum absolute atomic E-state index is 12.4. The number of sulfonamides is 1. The van der Waals surface area contributed by atoms with Gasteiger partial charge in [0.25, 0.3) is 5.91 Å². The Morgan fingerprint density at radius 1 is 1.39 bits per heavy atom. The highest BCUT2D eigenvalue weighted by atomic mass is 32.2. The quantitative estimate of drug-likeness (QED) is 0.801. The molecule has 0 spiro atoms. The molecule has 2 rings (SSSR count). The Bertz CT molecular complexity index is 654. The molecule has 1 fully saturated rings. The molecule has 1 atom stereocenters. The summed E-state index contributed by atoms with van der Waals surface area (Å²) in [5.41, 5.74) is 0.458. The Morgan fingerprint density at radius 2 is 2.04 bits per heavy atom. The summed E-state index contributed by atoms with van der Waals surface area (Å²) in [6, 6.07) is 6.70. The molecular formula is C15H22N2O5S. The zero-order valence-corrected chi connectivity index (χ0v) is 14.0. The molecule has 0 radical (unpaired) electrons. The number of hydrogen-bond donors (Lipinski definition) is 2. The molecule has 1 aliphatic heterocycles. The SMILES string of the molecule is CNS(=O)(=O)C1CCN(C(=O)C(O)c2cccc(OC)c2)CC1. The van der Waals surface area contributed by atoms with Crippen LogP contribution in [0.3, 0.4) is 0 Å². The largest absolute Gasteiger partial charge is 0.497 e. The highest BCUT2D eigenvalue weighted by molar-refractivity contribution is 7.90. The highest BCUT2D eigenvalue weighted by Gasteiger charge is 2.33. The first-order valence-corrected chi connectivity index (χ1v) is 8.97. The van der Waals surface area contributed by atoms with Gasteiger partial charge in [-0.05, 0) is 37.6 Å². The standard InChI is InChI=1S/C15H22N2O5S/c1-16-23(20,21)13-6-8-17(9-7-13)15(19)14(18)11-4-3-5-12(10-11)22-2/h3-5,10,13-14,16,18H,6-9H2,1-2H3. The first-order chi connectivity index (χ1) is 10.9. The fourth-order valence-corrected chi connectivity index (χ4v) is 3.85. The van der Waals surface area contributed by atoms with Gasteiger partial charge in [-0.2, -0.15) is 0 Å². The van der Waals surface area contributed by atoms with Gasteiger partial charge in [-0.25, -0.2) is 13.1 Å². The van der Waals surface area contributed by atoms with Gasteiger partial charge in [0.05, 0.1) is 12.4 Å². The summed E-state index contributed by atoms with van der Waals surface area (Å²) in [6.45, 7) is 0.622. The van der Waals surface area contributed by atoms with E-state index in [1.807, 2.05) is 0 Å². The van der Waals surface area contributed by atoms with Gasteiger partial charge in [0, 0.05) is 13.1 Å². The van der Waals surface area contributed by atoms with Crippen molar-refractivity contribution in [2.24, 2.45) is 0 Å². The molecule has 1 unspecified atom stereocenters. The van der Waals surface area contributed by atoms with Gasteiger partial charge < -0.3 is 14.7 Å². The van der Waals surface area contributed by atoms with Gasteiger partial charge >= 0.3 is 0 Å². The lowest BCUT2D eigenvalue weighted by Crippen LogP contribution is -2.46. The molecule has 1 aliphatic rings. The molecule has 0 aromatic heterocycles. The van der Waals surface area contributed by atoms with E-state index in [2.05, 4.69) is 4.72 Å². The summed E-state index contributed by atoms with van der Waals surface area (Å²) in [7, 11) is -0.416. The van der Waals surface area contributed by atoms with Crippen molar-refractivity contribution in [1.29, 1.82) is 0 Å². The number of aliphatic hydroxyl groups excluding tert-OH is 1. The third-order valence-electron chi connectivity index (χ3n) is 4.12. The van der Waals surface area contributed by atoms with Crippen molar-refractivity contribution in [3.05, 3.63) is 29.8 Å². The van der Waals surface area contributed by atoms with Gasteiger partial charge in [0.15, 0.2) is 6.10 Å². The van der Waals surface area contributed by atoms with Gasteiger partial charge in [-0.3, -0.25) is 4.79 Å². The van der Waals surface area contributed by atoms with Crippen molar-refractivity contribution in [1.82, 2.24) is 9.62 Å². The molecular weight excluding hydrogens is 320 g/mol. The van der Waals surface area contributed by atoms with E-state index in [-0.39, 0.29) is 0 Å². The molecule has 1 saturated heterocycles. The summed E-state index contributed by atoms with van der Waals surface area (Å²) in [5.74, 6) is 0.145. The minimum atomic E-state index is -3.32. The normalized spacial score (nSPS) is 17.8. The number of nitrogens with zero attached hydrogens (tertiary/aromatic N) is 1. The highest BCUT2D eigenvalue weighted by Crippen LogP contribution is 2.24. The monoisotopic (exact) mass is 342 g/mol. The van der Waals surface area contributed by atoms with Crippen molar-refractivity contribution in [2.45, 2.75) is 24.2 Å². The number of ether oxygens (including phenoxy) is 1. The molecule has 1 heterocycles.